The van der Waals surface area contributed by atoms with Gasteiger partial charge in [0.2, 0.25) is 0 Å². The molecular formula is C18H18O. The summed E-state index contributed by atoms with van der Waals surface area (Å²) in [5.41, 5.74) is 3.12. The molecule has 2 aromatic carbocycles. The highest BCUT2D eigenvalue weighted by Gasteiger charge is 2.37. The van der Waals surface area contributed by atoms with Crippen molar-refractivity contribution in [3.05, 3.63) is 71.3 Å². The van der Waals surface area contributed by atoms with E-state index in [1.54, 1.807) is 0 Å². The van der Waals surface area contributed by atoms with E-state index in [2.05, 4.69) is 25.1 Å². The molecule has 0 saturated heterocycles. The smallest absolute Gasteiger partial charge is 0.169 e. The van der Waals surface area contributed by atoms with E-state index >= 15 is 0 Å². The summed E-state index contributed by atoms with van der Waals surface area (Å²) < 4.78 is 0. The van der Waals surface area contributed by atoms with Gasteiger partial charge >= 0.3 is 0 Å². The Morgan fingerprint density at radius 2 is 1.68 bits per heavy atom. The quantitative estimate of drug-likeness (QED) is 0.785. The first-order valence-electron chi connectivity index (χ1n) is 6.86. The van der Waals surface area contributed by atoms with E-state index in [1.165, 1.54) is 11.1 Å². The van der Waals surface area contributed by atoms with Gasteiger partial charge in [0.1, 0.15) is 0 Å². The minimum Gasteiger partial charge on any atom is -0.294 e. The molecule has 1 aliphatic carbocycles. The fourth-order valence-corrected chi connectivity index (χ4v) is 3.02. The van der Waals surface area contributed by atoms with Crippen molar-refractivity contribution in [1.29, 1.82) is 0 Å². The first-order valence-corrected chi connectivity index (χ1v) is 6.86. The number of Topliss-reactive ketones (excluding diaryl/α,β-unsaturated/α-hetero) is 1. The normalized spacial score (nSPS) is 22.1. The third kappa shape index (κ3) is 2.21. The van der Waals surface area contributed by atoms with Gasteiger partial charge in [0.15, 0.2) is 5.78 Å². The van der Waals surface area contributed by atoms with Crippen LogP contribution in [-0.4, -0.2) is 5.78 Å². The Balaban J connectivity index is 1.92. The van der Waals surface area contributed by atoms with Crippen LogP contribution in [0.3, 0.4) is 0 Å². The molecule has 0 aliphatic heterocycles. The standard InChI is InChI=1S/C18H18O/c1-18(13-14-7-3-2-4-8-14)12-11-15-9-5-6-10-16(15)17(18)19/h2-10H,11-13H2,1H3/t18-/m1/s1. The van der Waals surface area contributed by atoms with Gasteiger partial charge in [0.05, 0.1) is 0 Å². The number of aryl methyl sites for hydroxylation is 1. The fourth-order valence-electron chi connectivity index (χ4n) is 3.02. The molecule has 0 aromatic heterocycles. The molecule has 0 unspecified atom stereocenters. The summed E-state index contributed by atoms with van der Waals surface area (Å²) in [6, 6.07) is 18.4. The molecule has 0 saturated carbocycles. The lowest BCUT2D eigenvalue weighted by atomic mass is 9.69. The zero-order valence-corrected chi connectivity index (χ0v) is 11.2. The van der Waals surface area contributed by atoms with Gasteiger partial charge < -0.3 is 0 Å². The van der Waals surface area contributed by atoms with Gasteiger partial charge in [0, 0.05) is 11.0 Å². The van der Waals surface area contributed by atoms with Crippen LogP contribution in [0.5, 0.6) is 0 Å². The number of benzene rings is 2. The van der Waals surface area contributed by atoms with Crippen LogP contribution in [-0.2, 0) is 12.8 Å². The number of carbonyl (C=O) groups excluding carboxylic acids is 1. The zero-order chi connectivity index (χ0) is 13.3. The molecule has 0 bridgehead atoms. The topological polar surface area (TPSA) is 17.1 Å². The van der Waals surface area contributed by atoms with Crippen LogP contribution in [0.1, 0.15) is 34.8 Å². The van der Waals surface area contributed by atoms with E-state index in [-0.39, 0.29) is 5.41 Å². The monoisotopic (exact) mass is 250 g/mol. The van der Waals surface area contributed by atoms with E-state index in [0.717, 1.165) is 24.8 Å². The van der Waals surface area contributed by atoms with E-state index in [0.29, 0.717) is 5.78 Å². The molecule has 1 heteroatoms. The summed E-state index contributed by atoms with van der Waals surface area (Å²) in [6.07, 6.45) is 2.78. The van der Waals surface area contributed by atoms with Gasteiger partial charge in [0.25, 0.3) is 0 Å². The maximum atomic E-state index is 12.7. The average molecular weight is 250 g/mol. The van der Waals surface area contributed by atoms with Crippen LogP contribution in [0.15, 0.2) is 54.6 Å². The van der Waals surface area contributed by atoms with Crippen molar-refractivity contribution in [2.45, 2.75) is 26.2 Å². The van der Waals surface area contributed by atoms with Crippen molar-refractivity contribution in [3.8, 4) is 0 Å². The van der Waals surface area contributed by atoms with E-state index in [1.807, 2.05) is 36.4 Å². The lowest BCUT2D eigenvalue weighted by Gasteiger charge is -2.33. The van der Waals surface area contributed by atoms with Gasteiger partial charge in [-0.3, -0.25) is 4.79 Å². The summed E-state index contributed by atoms with van der Waals surface area (Å²) >= 11 is 0. The predicted molar refractivity (Wildman–Crippen MR) is 77.3 cm³/mol. The summed E-state index contributed by atoms with van der Waals surface area (Å²) in [5.74, 6) is 0.304. The second kappa shape index (κ2) is 4.65. The summed E-state index contributed by atoms with van der Waals surface area (Å²) in [7, 11) is 0. The van der Waals surface area contributed by atoms with Crippen molar-refractivity contribution < 1.29 is 4.79 Å². The number of hydrogen-bond donors (Lipinski definition) is 0. The largest absolute Gasteiger partial charge is 0.294 e. The summed E-state index contributed by atoms with van der Waals surface area (Å²) in [5, 5.41) is 0. The highest BCUT2D eigenvalue weighted by atomic mass is 16.1. The average Bonchev–Trinajstić information content (AvgIpc) is 2.45. The number of rotatable bonds is 2. The van der Waals surface area contributed by atoms with Crippen LogP contribution >= 0.6 is 0 Å². The second-order valence-electron chi connectivity index (χ2n) is 5.71. The second-order valence-corrected chi connectivity index (χ2v) is 5.71. The van der Waals surface area contributed by atoms with Crippen LogP contribution in [0, 0.1) is 5.41 Å². The van der Waals surface area contributed by atoms with E-state index in [4.69, 9.17) is 0 Å². The van der Waals surface area contributed by atoms with Crippen molar-refractivity contribution in [2.75, 3.05) is 0 Å². The molecule has 0 fully saturated rings. The first kappa shape index (κ1) is 12.2. The van der Waals surface area contributed by atoms with Crippen LogP contribution in [0.4, 0.5) is 0 Å². The SMILES string of the molecule is C[C@]1(Cc2ccccc2)CCc2ccccc2C1=O. The number of hydrogen-bond acceptors (Lipinski definition) is 1. The molecule has 1 atom stereocenters. The Bertz CT molecular complexity index is 600. The predicted octanol–water partition coefficient (Wildman–Crippen LogP) is 4.06. The molecule has 1 nitrogen and oxygen atoms in total. The minimum absolute atomic E-state index is 0.254. The third-order valence-electron chi connectivity index (χ3n) is 4.19. The molecule has 2 aromatic rings. The number of fused-ring (bicyclic) bond motifs is 1. The molecule has 0 spiro atoms. The Hall–Kier alpha value is -1.89. The fraction of sp³-hybridized carbons (Fsp3) is 0.278. The van der Waals surface area contributed by atoms with Gasteiger partial charge in [-0.15, -0.1) is 0 Å². The molecule has 0 heterocycles. The molecule has 0 N–H and O–H groups in total. The van der Waals surface area contributed by atoms with Crippen molar-refractivity contribution in [2.24, 2.45) is 5.41 Å². The maximum Gasteiger partial charge on any atom is 0.169 e. The minimum atomic E-state index is -0.254. The lowest BCUT2D eigenvalue weighted by Crippen LogP contribution is -2.35. The van der Waals surface area contributed by atoms with E-state index in [9.17, 15) is 4.79 Å². The van der Waals surface area contributed by atoms with Gasteiger partial charge in [-0.2, -0.15) is 0 Å². The summed E-state index contributed by atoms with van der Waals surface area (Å²) in [4.78, 5) is 12.7. The number of ketones is 1. The zero-order valence-electron chi connectivity index (χ0n) is 11.2. The molecule has 19 heavy (non-hydrogen) atoms. The van der Waals surface area contributed by atoms with Gasteiger partial charge in [-0.1, -0.05) is 61.5 Å². The molecule has 0 radical (unpaired) electrons. The highest BCUT2D eigenvalue weighted by Crippen LogP contribution is 2.37. The molecule has 96 valence electrons. The summed E-state index contributed by atoms with van der Waals surface area (Å²) in [6.45, 7) is 2.11. The van der Waals surface area contributed by atoms with Gasteiger partial charge in [-0.05, 0) is 30.4 Å². The Morgan fingerprint density at radius 3 is 2.47 bits per heavy atom. The Kier molecular flexibility index (Phi) is 2.98. The molecule has 3 rings (SSSR count). The Morgan fingerprint density at radius 1 is 1.00 bits per heavy atom. The lowest BCUT2D eigenvalue weighted by molar-refractivity contribution is 0.0784. The van der Waals surface area contributed by atoms with Crippen LogP contribution < -0.4 is 0 Å². The first-order chi connectivity index (χ1) is 9.19. The highest BCUT2D eigenvalue weighted by molar-refractivity contribution is 6.02. The van der Waals surface area contributed by atoms with Gasteiger partial charge in [-0.25, -0.2) is 0 Å². The number of carbonyl (C=O) groups is 1. The van der Waals surface area contributed by atoms with Crippen molar-refractivity contribution in [1.82, 2.24) is 0 Å². The Labute approximate surface area is 114 Å². The van der Waals surface area contributed by atoms with Crippen molar-refractivity contribution in [3.63, 3.8) is 0 Å². The van der Waals surface area contributed by atoms with Crippen LogP contribution in [0.25, 0.3) is 0 Å². The van der Waals surface area contributed by atoms with Crippen molar-refractivity contribution >= 4 is 5.78 Å². The van der Waals surface area contributed by atoms with Crippen LogP contribution in [0.2, 0.25) is 0 Å². The third-order valence-corrected chi connectivity index (χ3v) is 4.19. The van der Waals surface area contributed by atoms with E-state index < -0.39 is 0 Å². The molecule has 0 amide bonds. The maximum absolute atomic E-state index is 12.7. The molecular weight excluding hydrogens is 232 g/mol. The molecule has 1 aliphatic rings.